The van der Waals surface area contributed by atoms with Crippen molar-refractivity contribution in [2.75, 3.05) is 0 Å². The van der Waals surface area contributed by atoms with E-state index in [1.165, 1.54) is 133 Å². The molecule has 1 aromatic heterocycles. The average Bonchev–Trinajstić information content (AvgIpc) is 4.18. The summed E-state index contributed by atoms with van der Waals surface area (Å²) < 4.78 is 2.62. The number of benzene rings is 8. The Morgan fingerprint density at radius 1 is 0.420 bits per heavy atom. The summed E-state index contributed by atoms with van der Waals surface area (Å²) in [5.41, 5.74) is 29.7. The van der Waals surface area contributed by atoms with E-state index in [4.69, 9.17) is 0 Å². The number of hydrogen-bond acceptors (Lipinski definition) is 0. The molecule has 2 spiro atoms. The minimum Gasteiger partial charge on any atom is -0.333 e. The highest BCUT2D eigenvalue weighted by Gasteiger charge is 2.55. The van der Waals surface area contributed by atoms with Crippen molar-refractivity contribution in [2.24, 2.45) is 0 Å². The van der Waals surface area contributed by atoms with Crippen LogP contribution in [0.2, 0.25) is 0 Å². The van der Waals surface area contributed by atoms with E-state index < -0.39 is 0 Å². The quantitative estimate of drug-likeness (QED) is 0.167. The van der Waals surface area contributed by atoms with E-state index in [1.54, 1.807) is 0 Å². The normalized spacial score (nSPS) is 20.3. The van der Waals surface area contributed by atoms with Gasteiger partial charge in [0.1, 0.15) is 0 Å². The van der Waals surface area contributed by atoms with E-state index in [0.29, 0.717) is 0 Å². The Hall–Kier alpha value is -8.00. The first-order chi connectivity index (χ1) is 34.3. The SMILES string of the molecule is C1=CCC(n2c3ccc(C4=C5C(=CCC4)C4(c6ccccc65)c5ccccc5-c5ccccc54)cc3c3cc(-c4cccc5c4-c4ccccc4C54C5=CCCC=C5c5ccccc54)ccc32)C=C1. The summed E-state index contributed by atoms with van der Waals surface area (Å²) in [6.07, 6.45) is 21.9. The number of hydrogen-bond donors (Lipinski definition) is 0. The van der Waals surface area contributed by atoms with Gasteiger partial charge < -0.3 is 4.57 Å². The Kier molecular flexibility index (Phi) is 7.61. The molecule has 7 aliphatic carbocycles. The van der Waals surface area contributed by atoms with Gasteiger partial charge in [0.2, 0.25) is 0 Å². The Bertz CT molecular complexity index is 3950. The van der Waals surface area contributed by atoms with Gasteiger partial charge in [-0.25, -0.2) is 0 Å². The van der Waals surface area contributed by atoms with Crippen molar-refractivity contribution in [3.8, 4) is 33.4 Å². The highest BCUT2D eigenvalue weighted by molar-refractivity contribution is 6.14. The number of fused-ring (bicyclic) bond motifs is 23. The molecule has 8 aromatic carbocycles. The van der Waals surface area contributed by atoms with E-state index in [2.05, 4.69) is 223 Å². The van der Waals surface area contributed by atoms with Gasteiger partial charge in [0.05, 0.1) is 16.9 Å². The van der Waals surface area contributed by atoms with Crippen molar-refractivity contribution in [1.29, 1.82) is 0 Å². The zero-order chi connectivity index (χ0) is 45.0. The Morgan fingerprint density at radius 2 is 0.957 bits per heavy atom. The molecule has 0 radical (unpaired) electrons. The fourth-order valence-electron chi connectivity index (χ4n) is 14.8. The predicted octanol–water partition coefficient (Wildman–Crippen LogP) is 16.9. The van der Waals surface area contributed by atoms with Crippen LogP contribution >= 0.6 is 0 Å². The molecule has 0 N–H and O–H groups in total. The second-order valence-electron chi connectivity index (χ2n) is 20.2. The minimum atomic E-state index is -0.334. The first-order valence-corrected chi connectivity index (χ1v) is 25.2. The monoisotopic (exact) mass is 877 g/mol. The van der Waals surface area contributed by atoms with Crippen LogP contribution in [-0.4, -0.2) is 4.57 Å². The molecule has 0 bridgehead atoms. The van der Waals surface area contributed by atoms with E-state index in [1.807, 2.05) is 0 Å². The fraction of sp³-hybridized carbons (Fsp3) is 0.118. The summed E-state index contributed by atoms with van der Waals surface area (Å²) in [6, 6.07) is 68.4. The van der Waals surface area contributed by atoms with Gasteiger partial charge in [0.25, 0.3) is 0 Å². The lowest BCUT2D eigenvalue weighted by molar-refractivity contribution is 0.648. The molecular formula is C68H47N. The second-order valence-corrected chi connectivity index (χ2v) is 20.2. The molecular weight excluding hydrogens is 831 g/mol. The summed E-state index contributed by atoms with van der Waals surface area (Å²) in [6.45, 7) is 0. The third kappa shape index (κ3) is 4.67. The lowest BCUT2D eigenvalue weighted by atomic mass is 9.69. The fourth-order valence-corrected chi connectivity index (χ4v) is 14.8. The van der Waals surface area contributed by atoms with Gasteiger partial charge in [0, 0.05) is 21.8 Å². The molecule has 0 saturated heterocycles. The van der Waals surface area contributed by atoms with Crippen LogP contribution in [-0.2, 0) is 10.8 Å². The maximum Gasteiger partial charge on any atom is 0.0722 e. The molecule has 324 valence electrons. The van der Waals surface area contributed by atoms with Crippen LogP contribution in [0.4, 0.5) is 0 Å². The van der Waals surface area contributed by atoms with Crippen LogP contribution in [0.25, 0.3) is 71.9 Å². The maximum absolute atomic E-state index is 2.62. The minimum absolute atomic E-state index is 0.239. The molecule has 1 nitrogen and oxygen atoms in total. The van der Waals surface area contributed by atoms with Crippen molar-refractivity contribution in [2.45, 2.75) is 49.0 Å². The number of nitrogens with zero attached hydrogens (tertiary/aromatic N) is 1. The van der Waals surface area contributed by atoms with E-state index in [9.17, 15) is 0 Å². The first-order valence-electron chi connectivity index (χ1n) is 25.2. The van der Waals surface area contributed by atoms with Crippen LogP contribution in [0, 0.1) is 0 Å². The predicted molar refractivity (Wildman–Crippen MR) is 286 cm³/mol. The second kappa shape index (κ2) is 13.8. The molecule has 0 amide bonds. The van der Waals surface area contributed by atoms with Crippen LogP contribution in [0.3, 0.4) is 0 Å². The topological polar surface area (TPSA) is 4.93 Å². The summed E-state index contributed by atoms with van der Waals surface area (Å²) in [4.78, 5) is 0. The van der Waals surface area contributed by atoms with Crippen molar-refractivity contribution in [1.82, 2.24) is 4.57 Å². The molecule has 0 fully saturated rings. The van der Waals surface area contributed by atoms with Gasteiger partial charge in [0.15, 0.2) is 0 Å². The molecule has 0 saturated carbocycles. The standard InChI is InChI=1S/C68H47N/c1-2-18-44(19-3-1)69-63-38-36-42(45-26-16-34-61-65(45)51-24-8-14-32-59(51)67(61)55-28-10-4-20-47(55)48-21-5-11-29-56(48)67)40-53(63)54-41-43(37-39-64(54)69)46-27-17-35-62-66(46)52-25-9-15-33-60(52)68(62)57-30-12-6-22-49(57)50-23-7-13-31-58(50)68/h1-6,8-12,14-15,17-18,20-25,27-41,44H,7,13,16,19,26H2. The zero-order valence-corrected chi connectivity index (χ0v) is 38.3. The highest BCUT2D eigenvalue weighted by atomic mass is 15.0. The van der Waals surface area contributed by atoms with Crippen molar-refractivity contribution < 1.29 is 0 Å². The smallest absolute Gasteiger partial charge is 0.0722 e. The Morgan fingerprint density at radius 3 is 1.67 bits per heavy atom. The zero-order valence-electron chi connectivity index (χ0n) is 38.3. The van der Waals surface area contributed by atoms with E-state index >= 15 is 0 Å². The van der Waals surface area contributed by atoms with Gasteiger partial charge in [-0.15, -0.1) is 0 Å². The third-order valence-electron chi connectivity index (χ3n) is 17.3. The maximum atomic E-state index is 2.62. The summed E-state index contributed by atoms with van der Waals surface area (Å²) in [5, 5.41) is 2.64. The third-order valence-corrected chi connectivity index (χ3v) is 17.3. The van der Waals surface area contributed by atoms with Gasteiger partial charge in [-0.05, 0) is 168 Å². The number of rotatable bonds is 3. The molecule has 2 atom stereocenters. The van der Waals surface area contributed by atoms with Crippen LogP contribution in [0.1, 0.15) is 88.2 Å². The van der Waals surface area contributed by atoms with Crippen LogP contribution in [0.15, 0.2) is 230 Å². The first kappa shape index (κ1) is 38.0. The molecule has 1 heteroatoms. The van der Waals surface area contributed by atoms with Crippen LogP contribution < -0.4 is 0 Å². The van der Waals surface area contributed by atoms with Gasteiger partial charge in [-0.2, -0.15) is 0 Å². The van der Waals surface area contributed by atoms with Gasteiger partial charge in [-0.1, -0.05) is 194 Å². The highest BCUT2D eigenvalue weighted by Crippen LogP contribution is 2.67. The summed E-state index contributed by atoms with van der Waals surface area (Å²) >= 11 is 0. The Labute approximate surface area is 403 Å². The van der Waals surface area contributed by atoms with Crippen molar-refractivity contribution in [3.63, 3.8) is 0 Å². The van der Waals surface area contributed by atoms with Crippen molar-refractivity contribution in [3.05, 3.63) is 280 Å². The van der Waals surface area contributed by atoms with Gasteiger partial charge >= 0.3 is 0 Å². The molecule has 2 unspecified atom stereocenters. The molecule has 9 aromatic rings. The Balaban J connectivity index is 0.924. The van der Waals surface area contributed by atoms with Crippen LogP contribution in [0.5, 0.6) is 0 Å². The molecule has 69 heavy (non-hydrogen) atoms. The van der Waals surface area contributed by atoms with Crippen molar-refractivity contribution >= 4 is 38.5 Å². The summed E-state index contributed by atoms with van der Waals surface area (Å²) in [5.74, 6) is 0. The number of aromatic nitrogens is 1. The molecule has 1 heterocycles. The van der Waals surface area contributed by atoms with E-state index in [-0.39, 0.29) is 16.9 Å². The van der Waals surface area contributed by atoms with Gasteiger partial charge in [-0.3, -0.25) is 0 Å². The average molecular weight is 878 g/mol. The number of allylic oxidation sites excluding steroid dienone is 12. The molecule has 7 aliphatic rings. The molecule has 0 aliphatic heterocycles. The largest absolute Gasteiger partial charge is 0.333 e. The lowest BCUT2D eigenvalue weighted by Gasteiger charge is -2.32. The van der Waals surface area contributed by atoms with E-state index in [0.717, 1.165) is 32.1 Å². The lowest BCUT2D eigenvalue weighted by Crippen LogP contribution is -2.26. The molecule has 16 rings (SSSR count). The summed E-state index contributed by atoms with van der Waals surface area (Å²) in [7, 11) is 0.